The monoisotopic (exact) mass is 372 g/mol. The Morgan fingerprint density at radius 2 is 1.78 bits per heavy atom. The van der Waals surface area contributed by atoms with Gasteiger partial charge in [-0.3, -0.25) is 24.6 Å². The van der Waals surface area contributed by atoms with E-state index in [0.717, 1.165) is 9.58 Å². The molecule has 0 saturated carbocycles. The molecule has 2 aromatic rings. The molecule has 1 aromatic carbocycles. The molecule has 1 aliphatic rings. The first-order chi connectivity index (χ1) is 12.9. The molecule has 2 amide bonds. The molecule has 0 atom stereocenters. The van der Waals surface area contributed by atoms with Crippen LogP contribution in [-0.4, -0.2) is 49.0 Å². The second-order valence-corrected chi connectivity index (χ2v) is 5.99. The maximum atomic E-state index is 12.4. The van der Waals surface area contributed by atoms with Crippen molar-refractivity contribution in [2.24, 2.45) is 0 Å². The minimum Gasteiger partial charge on any atom is -0.476 e. The Kier molecular flexibility index (Phi) is 4.72. The first-order valence-electron chi connectivity index (χ1n) is 8.29. The average molecular weight is 372 g/mol. The number of aromatic nitrogens is 2. The third-order valence-electron chi connectivity index (χ3n) is 4.28. The van der Waals surface area contributed by atoms with Gasteiger partial charge in [0.1, 0.15) is 5.69 Å². The van der Waals surface area contributed by atoms with E-state index in [1.165, 1.54) is 12.1 Å². The van der Waals surface area contributed by atoms with E-state index < -0.39 is 34.1 Å². The highest BCUT2D eigenvalue weighted by Gasteiger charge is 2.36. The van der Waals surface area contributed by atoms with Gasteiger partial charge in [0.05, 0.1) is 22.6 Å². The molecule has 0 radical (unpaired) electrons. The van der Waals surface area contributed by atoms with Crippen molar-refractivity contribution in [3.05, 3.63) is 56.9 Å². The zero-order chi connectivity index (χ0) is 19.7. The third kappa shape index (κ3) is 3.05. The van der Waals surface area contributed by atoms with Crippen LogP contribution in [0.4, 0.5) is 5.69 Å². The van der Waals surface area contributed by atoms with Gasteiger partial charge in [-0.1, -0.05) is 25.5 Å². The summed E-state index contributed by atoms with van der Waals surface area (Å²) in [5, 5.41) is 24.8. The first-order valence-corrected chi connectivity index (χ1v) is 8.29. The highest BCUT2D eigenvalue weighted by molar-refractivity contribution is 6.21. The number of amides is 2. The molecule has 0 aliphatic carbocycles. The average Bonchev–Trinajstić information content (AvgIpc) is 3.11. The molecule has 10 heteroatoms. The van der Waals surface area contributed by atoms with Crippen molar-refractivity contribution in [1.82, 2.24) is 14.7 Å². The van der Waals surface area contributed by atoms with Crippen LogP contribution in [0.1, 0.15) is 50.2 Å². The van der Waals surface area contributed by atoms with Crippen LogP contribution in [0.3, 0.4) is 0 Å². The van der Waals surface area contributed by atoms with Crippen molar-refractivity contribution >= 4 is 23.5 Å². The summed E-state index contributed by atoms with van der Waals surface area (Å²) < 4.78 is 0.981. The van der Waals surface area contributed by atoms with Crippen LogP contribution in [-0.2, 0) is 13.0 Å². The largest absolute Gasteiger partial charge is 0.476 e. The van der Waals surface area contributed by atoms with Gasteiger partial charge in [0.25, 0.3) is 11.8 Å². The van der Waals surface area contributed by atoms with Gasteiger partial charge in [-0.2, -0.15) is 5.10 Å². The summed E-state index contributed by atoms with van der Waals surface area (Å²) in [6, 6.07) is 6.36. The number of aromatic carboxylic acids is 1. The number of fused-ring (bicyclic) bond motifs is 1. The van der Waals surface area contributed by atoms with Crippen LogP contribution in [0.2, 0.25) is 0 Å². The van der Waals surface area contributed by atoms with E-state index in [1.54, 1.807) is 19.1 Å². The van der Waals surface area contributed by atoms with E-state index >= 15 is 0 Å². The van der Waals surface area contributed by atoms with Crippen LogP contribution in [0.25, 0.3) is 0 Å². The van der Waals surface area contributed by atoms with Crippen LogP contribution in [0.5, 0.6) is 0 Å². The van der Waals surface area contributed by atoms with Crippen LogP contribution >= 0.6 is 0 Å². The molecular weight excluding hydrogens is 356 g/mol. The minimum absolute atomic E-state index is 0.0715. The topological polar surface area (TPSA) is 136 Å². The first kappa shape index (κ1) is 18.2. The van der Waals surface area contributed by atoms with Gasteiger partial charge in [0.2, 0.25) is 5.69 Å². The number of carboxylic acids is 1. The van der Waals surface area contributed by atoms with Gasteiger partial charge in [-0.05, 0) is 18.6 Å². The van der Waals surface area contributed by atoms with Gasteiger partial charge >= 0.3 is 11.7 Å². The Hall–Kier alpha value is -3.56. The predicted octanol–water partition coefficient (Wildman–Crippen LogP) is 1.74. The lowest BCUT2D eigenvalue weighted by molar-refractivity contribution is -0.386. The summed E-state index contributed by atoms with van der Waals surface area (Å²) in [7, 11) is 0. The number of carbonyl (C=O) groups is 3. The third-order valence-corrected chi connectivity index (χ3v) is 4.28. The Morgan fingerprint density at radius 1 is 1.19 bits per heavy atom. The van der Waals surface area contributed by atoms with Gasteiger partial charge in [-0.15, -0.1) is 0 Å². The summed E-state index contributed by atoms with van der Waals surface area (Å²) in [5.41, 5.74) is -0.479. The Bertz CT molecular complexity index is 929. The zero-order valence-corrected chi connectivity index (χ0v) is 14.4. The number of carboxylic acid groups (broad SMARTS) is 1. The number of rotatable bonds is 7. The van der Waals surface area contributed by atoms with Gasteiger partial charge < -0.3 is 5.11 Å². The molecule has 10 nitrogen and oxygen atoms in total. The van der Waals surface area contributed by atoms with Gasteiger partial charge in [0.15, 0.2) is 0 Å². The number of nitro groups is 1. The van der Waals surface area contributed by atoms with Gasteiger partial charge in [-0.25, -0.2) is 9.48 Å². The molecule has 27 heavy (non-hydrogen) atoms. The number of carbonyl (C=O) groups excluding carboxylic acids is 2. The maximum Gasteiger partial charge on any atom is 0.361 e. The lowest BCUT2D eigenvalue weighted by atomic mass is 10.1. The van der Waals surface area contributed by atoms with Crippen molar-refractivity contribution in [3.8, 4) is 0 Å². The highest BCUT2D eigenvalue weighted by Crippen LogP contribution is 2.26. The standard InChI is InChI=1S/C17H16N4O6/c1-2-5-12-13(21(26)27)14(17(24)25)20(18-12)9-8-19-15(22)10-6-3-4-7-11(10)16(19)23/h3-4,6-7H,2,5,8-9H2,1H3,(H,24,25). The summed E-state index contributed by atoms with van der Waals surface area (Å²) in [5.74, 6) is -2.45. The molecule has 3 rings (SSSR count). The molecule has 1 N–H and O–H groups in total. The van der Waals surface area contributed by atoms with E-state index in [-0.39, 0.29) is 36.3 Å². The molecule has 0 unspecified atom stereocenters. The number of hydrogen-bond donors (Lipinski definition) is 1. The van der Waals surface area contributed by atoms with E-state index in [9.17, 15) is 29.6 Å². The number of aryl methyl sites for hydroxylation is 1. The fraction of sp³-hybridized carbons (Fsp3) is 0.294. The number of nitrogens with zero attached hydrogens (tertiary/aromatic N) is 4. The normalized spacial score (nSPS) is 13.1. The molecule has 0 spiro atoms. The highest BCUT2D eigenvalue weighted by atomic mass is 16.6. The van der Waals surface area contributed by atoms with Crippen molar-refractivity contribution in [2.75, 3.05) is 6.54 Å². The molecule has 1 aromatic heterocycles. The quantitative estimate of drug-likeness (QED) is 0.444. The van der Waals surface area contributed by atoms with Crippen molar-refractivity contribution in [2.45, 2.75) is 26.3 Å². The minimum atomic E-state index is -1.49. The predicted molar refractivity (Wildman–Crippen MR) is 91.6 cm³/mol. The Balaban J connectivity index is 1.90. The molecule has 1 aliphatic heterocycles. The molecule has 0 bridgehead atoms. The second kappa shape index (κ2) is 6.98. The zero-order valence-electron chi connectivity index (χ0n) is 14.4. The van der Waals surface area contributed by atoms with Crippen LogP contribution in [0.15, 0.2) is 24.3 Å². The number of imide groups is 1. The molecule has 2 heterocycles. The smallest absolute Gasteiger partial charge is 0.361 e. The number of benzene rings is 1. The molecule has 140 valence electrons. The second-order valence-electron chi connectivity index (χ2n) is 5.99. The fourth-order valence-electron chi connectivity index (χ4n) is 3.11. The summed E-state index contributed by atoms with van der Waals surface area (Å²) in [6.07, 6.45) is 0.798. The van der Waals surface area contributed by atoms with Crippen LogP contribution in [0, 0.1) is 10.1 Å². The van der Waals surface area contributed by atoms with Crippen molar-refractivity contribution < 1.29 is 24.4 Å². The van der Waals surface area contributed by atoms with E-state index in [1.807, 2.05) is 0 Å². The van der Waals surface area contributed by atoms with E-state index in [0.29, 0.717) is 6.42 Å². The number of hydrogen-bond acceptors (Lipinski definition) is 6. The molecule has 0 fully saturated rings. The van der Waals surface area contributed by atoms with Gasteiger partial charge in [0, 0.05) is 6.54 Å². The van der Waals surface area contributed by atoms with Crippen molar-refractivity contribution in [1.29, 1.82) is 0 Å². The lowest BCUT2D eigenvalue weighted by Crippen LogP contribution is -2.33. The summed E-state index contributed by atoms with van der Waals surface area (Å²) in [6.45, 7) is 1.50. The van der Waals surface area contributed by atoms with E-state index in [4.69, 9.17) is 0 Å². The lowest BCUT2D eigenvalue weighted by Gasteiger charge is -2.14. The Labute approximate surface area is 153 Å². The van der Waals surface area contributed by atoms with E-state index in [2.05, 4.69) is 5.10 Å². The Morgan fingerprint density at radius 3 is 2.26 bits per heavy atom. The van der Waals surface area contributed by atoms with Crippen molar-refractivity contribution in [3.63, 3.8) is 0 Å². The fourth-order valence-corrected chi connectivity index (χ4v) is 3.11. The maximum absolute atomic E-state index is 12.4. The molecule has 0 saturated heterocycles. The SMILES string of the molecule is CCCc1nn(CCN2C(=O)c3ccccc3C2=O)c(C(=O)O)c1[N+](=O)[O-]. The molecular formula is C17H16N4O6. The van der Waals surface area contributed by atoms with Crippen LogP contribution < -0.4 is 0 Å². The summed E-state index contributed by atoms with van der Waals surface area (Å²) >= 11 is 0. The summed E-state index contributed by atoms with van der Waals surface area (Å²) in [4.78, 5) is 47.9.